The molecule has 3 rings (SSSR count). The highest BCUT2D eigenvalue weighted by atomic mass is 16.5. The zero-order valence-electron chi connectivity index (χ0n) is 12.8. The van der Waals surface area contributed by atoms with Crippen molar-refractivity contribution in [3.05, 3.63) is 28.2 Å². The van der Waals surface area contributed by atoms with Crippen molar-refractivity contribution in [2.45, 2.75) is 63.6 Å². The maximum absolute atomic E-state index is 11.9. The summed E-state index contributed by atoms with van der Waals surface area (Å²) < 4.78 is 7.10. The Morgan fingerprint density at radius 2 is 1.76 bits per heavy atom. The molecule has 21 heavy (non-hydrogen) atoms. The van der Waals surface area contributed by atoms with Crippen LogP contribution in [0.5, 0.6) is 0 Å². The molecule has 0 radical (unpaired) electrons. The van der Waals surface area contributed by atoms with Crippen LogP contribution in [0.15, 0.2) is 16.9 Å². The number of nitrogens with zero attached hydrogens (tertiary/aromatic N) is 2. The van der Waals surface area contributed by atoms with Crippen molar-refractivity contribution in [3.63, 3.8) is 0 Å². The van der Waals surface area contributed by atoms with E-state index in [0.717, 1.165) is 57.4 Å². The third-order valence-corrected chi connectivity index (χ3v) is 4.69. The van der Waals surface area contributed by atoms with Crippen LogP contribution in [0.25, 0.3) is 0 Å². The molecule has 0 atom stereocenters. The van der Waals surface area contributed by atoms with E-state index in [9.17, 15) is 4.79 Å². The van der Waals surface area contributed by atoms with Gasteiger partial charge in [-0.2, -0.15) is 5.10 Å². The normalized spacial score (nSPS) is 27.7. The van der Waals surface area contributed by atoms with Crippen molar-refractivity contribution in [1.29, 1.82) is 0 Å². The van der Waals surface area contributed by atoms with Gasteiger partial charge in [0.1, 0.15) is 0 Å². The number of aryl methyl sites for hydroxylation is 1. The molecular formula is C16H25N3O2. The maximum atomic E-state index is 11.9. The van der Waals surface area contributed by atoms with E-state index in [1.165, 1.54) is 0 Å². The fourth-order valence-electron chi connectivity index (χ4n) is 3.47. The minimum absolute atomic E-state index is 0.0291. The van der Waals surface area contributed by atoms with E-state index in [1.54, 1.807) is 16.8 Å². The predicted molar refractivity (Wildman–Crippen MR) is 81.5 cm³/mol. The summed E-state index contributed by atoms with van der Waals surface area (Å²) in [5.41, 5.74) is 0.943. The van der Waals surface area contributed by atoms with Gasteiger partial charge in [0.25, 0.3) is 5.56 Å². The molecule has 0 bridgehead atoms. The molecule has 1 aliphatic carbocycles. The van der Waals surface area contributed by atoms with Crippen LogP contribution in [0.2, 0.25) is 0 Å². The fraction of sp³-hybridized carbons (Fsp3) is 0.750. The minimum atomic E-state index is 0.0291. The van der Waals surface area contributed by atoms with E-state index in [2.05, 4.69) is 10.4 Å². The van der Waals surface area contributed by atoms with Crippen LogP contribution in [-0.2, 0) is 4.74 Å². The van der Waals surface area contributed by atoms with Crippen molar-refractivity contribution in [2.24, 2.45) is 0 Å². The second-order valence-corrected chi connectivity index (χ2v) is 6.32. The molecule has 2 heterocycles. The van der Waals surface area contributed by atoms with E-state index >= 15 is 0 Å². The first kappa shape index (κ1) is 14.7. The van der Waals surface area contributed by atoms with Gasteiger partial charge in [0.05, 0.1) is 11.7 Å². The molecular weight excluding hydrogens is 266 g/mol. The summed E-state index contributed by atoms with van der Waals surface area (Å²) in [5.74, 6) is 0. The number of hydrogen-bond acceptors (Lipinski definition) is 4. The van der Waals surface area contributed by atoms with Gasteiger partial charge in [-0.25, -0.2) is 4.68 Å². The molecule has 116 valence electrons. The molecule has 1 N–H and O–H groups in total. The Morgan fingerprint density at radius 1 is 1.10 bits per heavy atom. The zero-order chi connectivity index (χ0) is 14.7. The molecule has 5 heteroatoms. The molecule has 0 unspecified atom stereocenters. The number of nitrogens with one attached hydrogen (secondary N) is 1. The lowest BCUT2D eigenvalue weighted by Gasteiger charge is -2.33. The molecule has 2 aliphatic rings. The molecule has 0 spiro atoms. The maximum Gasteiger partial charge on any atom is 0.267 e. The SMILES string of the molecule is Cc1ccc(=O)n(C2CCC(NC3CCOCC3)CC2)n1. The topological polar surface area (TPSA) is 56.2 Å². The van der Waals surface area contributed by atoms with Crippen LogP contribution in [0.1, 0.15) is 50.3 Å². The summed E-state index contributed by atoms with van der Waals surface area (Å²) in [6.07, 6.45) is 6.58. The molecule has 1 aromatic rings. The number of rotatable bonds is 3. The van der Waals surface area contributed by atoms with Crippen LogP contribution < -0.4 is 10.9 Å². The van der Waals surface area contributed by atoms with Gasteiger partial charge in [0.2, 0.25) is 0 Å². The Hall–Kier alpha value is -1.20. The van der Waals surface area contributed by atoms with Crippen molar-refractivity contribution < 1.29 is 4.74 Å². The van der Waals surface area contributed by atoms with Gasteiger partial charge >= 0.3 is 0 Å². The Morgan fingerprint density at radius 3 is 2.48 bits per heavy atom. The highest BCUT2D eigenvalue weighted by molar-refractivity contribution is 4.98. The second-order valence-electron chi connectivity index (χ2n) is 6.32. The smallest absolute Gasteiger partial charge is 0.267 e. The summed E-state index contributed by atoms with van der Waals surface area (Å²) in [5, 5.41) is 8.17. The Kier molecular flexibility index (Phi) is 4.70. The molecule has 0 amide bonds. The third kappa shape index (κ3) is 3.71. The number of ether oxygens (including phenoxy) is 1. The lowest BCUT2D eigenvalue weighted by Crippen LogP contribution is -2.44. The largest absolute Gasteiger partial charge is 0.381 e. The van der Waals surface area contributed by atoms with E-state index in [1.807, 2.05) is 6.92 Å². The predicted octanol–water partition coefficient (Wildman–Crippen LogP) is 1.80. The summed E-state index contributed by atoms with van der Waals surface area (Å²) in [6, 6.07) is 4.89. The van der Waals surface area contributed by atoms with Gasteiger partial charge < -0.3 is 10.1 Å². The quantitative estimate of drug-likeness (QED) is 0.922. The van der Waals surface area contributed by atoms with Crippen molar-refractivity contribution in [3.8, 4) is 0 Å². The first-order chi connectivity index (χ1) is 10.2. The zero-order valence-corrected chi connectivity index (χ0v) is 12.8. The highest BCUT2D eigenvalue weighted by Crippen LogP contribution is 2.27. The summed E-state index contributed by atoms with van der Waals surface area (Å²) in [4.78, 5) is 11.9. The molecule has 1 saturated heterocycles. The minimum Gasteiger partial charge on any atom is -0.381 e. The lowest BCUT2D eigenvalue weighted by atomic mass is 9.90. The van der Waals surface area contributed by atoms with Crippen LogP contribution in [0.4, 0.5) is 0 Å². The van der Waals surface area contributed by atoms with Crippen molar-refractivity contribution in [1.82, 2.24) is 15.1 Å². The van der Waals surface area contributed by atoms with Gasteiger partial charge in [-0.15, -0.1) is 0 Å². The van der Waals surface area contributed by atoms with E-state index in [4.69, 9.17) is 4.74 Å². The molecule has 1 aromatic heterocycles. The number of hydrogen-bond donors (Lipinski definition) is 1. The highest BCUT2D eigenvalue weighted by Gasteiger charge is 2.25. The van der Waals surface area contributed by atoms with Crippen LogP contribution >= 0.6 is 0 Å². The van der Waals surface area contributed by atoms with Crippen molar-refractivity contribution in [2.75, 3.05) is 13.2 Å². The Labute approximate surface area is 125 Å². The standard InChI is InChI=1S/C16H25N3O2/c1-12-2-7-16(20)19(18-12)15-5-3-13(4-6-15)17-14-8-10-21-11-9-14/h2,7,13-15,17H,3-6,8-11H2,1H3. The summed E-state index contributed by atoms with van der Waals surface area (Å²) >= 11 is 0. The van der Waals surface area contributed by atoms with Gasteiger partial charge in [-0.05, 0) is 51.5 Å². The van der Waals surface area contributed by atoms with Gasteiger partial charge in [0.15, 0.2) is 0 Å². The third-order valence-electron chi connectivity index (χ3n) is 4.69. The molecule has 0 aromatic carbocycles. The van der Waals surface area contributed by atoms with Crippen LogP contribution in [0, 0.1) is 6.92 Å². The second kappa shape index (κ2) is 6.71. The molecule has 1 aliphatic heterocycles. The fourth-order valence-corrected chi connectivity index (χ4v) is 3.47. The van der Waals surface area contributed by atoms with Gasteiger partial charge in [-0.3, -0.25) is 4.79 Å². The van der Waals surface area contributed by atoms with Crippen LogP contribution in [0.3, 0.4) is 0 Å². The lowest BCUT2D eigenvalue weighted by molar-refractivity contribution is 0.0722. The van der Waals surface area contributed by atoms with Gasteiger partial charge in [-0.1, -0.05) is 0 Å². The van der Waals surface area contributed by atoms with E-state index < -0.39 is 0 Å². The van der Waals surface area contributed by atoms with Crippen molar-refractivity contribution >= 4 is 0 Å². The first-order valence-electron chi connectivity index (χ1n) is 8.12. The van der Waals surface area contributed by atoms with E-state index in [-0.39, 0.29) is 11.6 Å². The Balaban J connectivity index is 1.55. The molecule has 2 fully saturated rings. The van der Waals surface area contributed by atoms with E-state index in [0.29, 0.717) is 12.1 Å². The summed E-state index contributed by atoms with van der Waals surface area (Å²) in [7, 11) is 0. The van der Waals surface area contributed by atoms with Gasteiger partial charge in [0, 0.05) is 31.4 Å². The molecule has 5 nitrogen and oxygen atoms in total. The monoisotopic (exact) mass is 291 g/mol. The average molecular weight is 291 g/mol. The molecule has 1 saturated carbocycles. The summed E-state index contributed by atoms with van der Waals surface area (Å²) in [6.45, 7) is 3.71. The van der Waals surface area contributed by atoms with Crippen LogP contribution in [-0.4, -0.2) is 35.1 Å². The Bertz CT molecular complexity index is 514. The average Bonchev–Trinajstić information content (AvgIpc) is 2.52. The number of aromatic nitrogens is 2. The first-order valence-corrected chi connectivity index (χ1v) is 8.12.